The van der Waals surface area contributed by atoms with E-state index in [0.717, 1.165) is 15.8 Å². The summed E-state index contributed by atoms with van der Waals surface area (Å²) in [7, 11) is 1.59. The molecule has 0 bridgehead atoms. The van der Waals surface area contributed by atoms with Gasteiger partial charge in [0.2, 0.25) is 5.91 Å². The summed E-state index contributed by atoms with van der Waals surface area (Å²) in [5.41, 5.74) is 1.90. The molecule has 1 amide bonds. The largest absolute Gasteiger partial charge is 0.496 e. The molecular weight excluding hydrogens is 386 g/mol. The van der Waals surface area contributed by atoms with Crippen LogP contribution in [-0.4, -0.2) is 25.6 Å². The predicted octanol–water partition coefficient (Wildman–Crippen LogP) is 4.29. The summed E-state index contributed by atoms with van der Waals surface area (Å²) in [5.74, 6) is 0.0736. The van der Waals surface area contributed by atoms with E-state index in [1.165, 1.54) is 6.08 Å². The number of benzene rings is 2. The molecule has 1 N–H and O–H groups in total. The summed E-state index contributed by atoms with van der Waals surface area (Å²) >= 11 is 3.40. The van der Waals surface area contributed by atoms with Crippen LogP contribution in [0.1, 0.15) is 22.8 Å². The van der Waals surface area contributed by atoms with Crippen LogP contribution < -0.4 is 10.1 Å². The van der Waals surface area contributed by atoms with E-state index >= 15 is 0 Å². The average molecular weight is 404 g/mol. The Morgan fingerprint density at radius 1 is 1.16 bits per heavy atom. The number of rotatable bonds is 6. The Bertz CT molecular complexity index is 785. The molecule has 0 fully saturated rings. The minimum absolute atomic E-state index is 0.268. The van der Waals surface area contributed by atoms with Gasteiger partial charge in [-0.2, -0.15) is 0 Å². The number of hydrogen-bond donors (Lipinski definition) is 1. The van der Waals surface area contributed by atoms with Crippen LogP contribution >= 0.6 is 15.9 Å². The van der Waals surface area contributed by atoms with Crippen LogP contribution in [0.2, 0.25) is 0 Å². The van der Waals surface area contributed by atoms with Crippen LogP contribution in [0.3, 0.4) is 0 Å². The third-order valence-corrected chi connectivity index (χ3v) is 3.89. The zero-order valence-corrected chi connectivity index (χ0v) is 15.5. The number of carbonyl (C=O) groups is 2. The summed E-state index contributed by atoms with van der Waals surface area (Å²) in [6, 6.07) is 12.0. The van der Waals surface area contributed by atoms with Gasteiger partial charge in [-0.15, -0.1) is 0 Å². The van der Waals surface area contributed by atoms with E-state index in [1.807, 2.05) is 18.2 Å². The lowest BCUT2D eigenvalue weighted by atomic mass is 10.2. The molecule has 0 aliphatic carbocycles. The first kappa shape index (κ1) is 18.7. The zero-order valence-electron chi connectivity index (χ0n) is 13.9. The van der Waals surface area contributed by atoms with Crippen molar-refractivity contribution in [1.82, 2.24) is 0 Å². The number of ether oxygens (including phenoxy) is 2. The molecule has 0 atom stereocenters. The number of methoxy groups -OCH3 is 1. The normalized spacial score (nSPS) is 10.5. The summed E-state index contributed by atoms with van der Waals surface area (Å²) in [6.45, 7) is 2.07. The van der Waals surface area contributed by atoms with Crippen LogP contribution in [0, 0.1) is 0 Å². The molecule has 0 aliphatic heterocycles. The highest BCUT2D eigenvalue weighted by atomic mass is 79.9. The number of esters is 1. The van der Waals surface area contributed by atoms with Crippen molar-refractivity contribution in [2.45, 2.75) is 6.92 Å². The number of hydrogen-bond acceptors (Lipinski definition) is 4. The first-order valence-corrected chi connectivity index (χ1v) is 8.42. The van der Waals surface area contributed by atoms with Crippen molar-refractivity contribution in [3.05, 3.63) is 64.1 Å². The molecule has 2 rings (SSSR count). The lowest BCUT2D eigenvalue weighted by Gasteiger charge is -2.05. The molecule has 0 heterocycles. The molecular formula is C19H18BrNO4. The van der Waals surface area contributed by atoms with Crippen LogP contribution in [0.25, 0.3) is 6.08 Å². The molecule has 6 heteroatoms. The van der Waals surface area contributed by atoms with E-state index in [2.05, 4.69) is 21.2 Å². The molecule has 130 valence electrons. The van der Waals surface area contributed by atoms with Crippen LogP contribution in [0.5, 0.6) is 5.75 Å². The molecule has 2 aromatic rings. The van der Waals surface area contributed by atoms with E-state index in [0.29, 0.717) is 17.9 Å². The van der Waals surface area contributed by atoms with Crippen molar-refractivity contribution in [2.24, 2.45) is 0 Å². The van der Waals surface area contributed by atoms with Crippen molar-refractivity contribution < 1.29 is 19.1 Å². The van der Waals surface area contributed by atoms with E-state index < -0.39 is 0 Å². The van der Waals surface area contributed by atoms with Gasteiger partial charge in [0.05, 0.1) is 23.8 Å². The maximum absolute atomic E-state index is 12.0. The fraction of sp³-hybridized carbons (Fsp3) is 0.158. The highest BCUT2D eigenvalue weighted by molar-refractivity contribution is 9.10. The highest BCUT2D eigenvalue weighted by Gasteiger charge is 2.06. The van der Waals surface area contributed by atoms with Crippen molar-refractivity contribution >= 4 is 39.6 Å². The summed E-state index contributed by atoms with van der Waals surface area (Å²) in [6.07, 6.45) is 3.14. The Kier molecular flexibility index (Phi) is 6.77. The molecule has 0 unspecified atom stereocenters. The van der Waals surface area contributed by atoms with Gasteiger partial charge in [0, 0.05) is 11.8 Å². The van der Waals surface area contributed by atoms with E-state index in [-0.39, 0.29) is 11.9 Å². The maximum atomic E-state index is 12.0. The molecule has 0 aliphatic rings. The molecule has 0 saturated heterocycles. The number of amides is 1. The standard InChI is InChI=1S/C19H18BrNO4/c1-3-25-19(23)14-6-8-15(9-7-14)21-18(22)11-5-13-4-10-17(24-2)16(20)12-13/h4-12H,3H2,1-2H3,(H,21,22). The lowest BCUT2D eigenvalue weighted by molar-refractivity contribution is -0.111. The van der Waals surface area contributed by atoms with Gasteiger partial charge in [-0.05, 0) is 70.9 Å². The Hall–Kier alpha value is -2.60. The Labute approximate surface area is 154 Å². The smallest absolute Gasteiger partial charge is 0.338 e. The maximum Gasteiger partial charge on any atom is 0.338 e. The van der Waals surface area contributed by atoms with E-state index in [4.69, 9.17) is 9.47 Å². The van der Waals surface area contributed by atoms with Gasteiger partial charge in [0.15, 0.2) is 0 Å². The van der Waals surface area contributed by atoms with Gasteiger partial charge in [0.25, 0.3) is 0 Å². The number of anilines is 1. The SMILES string of the molecule is CCOC(=O)c1ccc(NC(=O)C=Cc2ccc(OC)c(Br)c2)cc1. The second kappa shape index (κ2) is 9.03. The Balaban J connectivity index is 1.97. The third-order valence-electron chi connectivity index (χ3n) is 3.27. The summed E-state index contributed by atoms with van der Waals surface area (Å²) in [4.78, 5) is 23.6. The van der Waals surface area contributed by atoms with Gasteiger partial charge < -0.3 is 14.8 Å². The molecule has 0 spiro atoms. The Morgan fingerprint density at radius 2 is 1.88 bits per heavy atom. The second-order valence-corrected chi connectivity index (χ2v) is 5.87. The number of carbonyl (C=O) groups excluding carboxylic acids is 2. The van der Waals surface area contributed by atoms with Gasteiger partial charge in [-0.1, -0.05) is 6.07 Å². The quantitative estimate of drug-likeness (QED) is 0.577. The Morgan fingerprint density at radius 3 is 2.48 bits per heavy atom. The van der Waals surface area contributed by atoms with Gasteiger partial charge in [-0.25, -0.2) is 4.79 Å². The van der Waals surface area contributed by atoms with Gasteiger partial charge in [0.1, 0.15) is 5.75 Å². The summed E-state index contributed by atoms with van der Waals surface area (Å²) < 4.78 is 10.9. The monoisotopic (exact) mass is 403 g/mol. The summed E-state index contributed by atoms with van der Waals surface area (Å²) in [5, 5.41) is 2.73. The number of halogens is 1. The lowest BCUT2D eigenvalue weighted by Crippen LogP contribution is -2.08. The van der Waals surface area contributed by atoms with Crippen molar-refractivity contribution in [3.63, 3.8) is 0 Å². The topological polar surface area (TPSA) is 64.6 Å². The van der Waals surface area contributed by atoms with Crippen molar-refractivity contribution in [1.29, 1.82) is 0 Å². The predicted molar refractivity (Wildman–Crippen MR) is 101 cm³/mol. The highest BCUT2D eigenvalue weighted by Crippen LogP contribution is 2.26. The molecule has 5 nitrogen and oxygen atoms in total. The van der Waals surface area contributed by atoms with Gasteiger partial charge >= 0.3 is 5.97 Å². The van der Waals surface area contributed by atoms with Crippen LogP contribution in [0.4, 0.5) is 5.69 Å². The molecule has 25 heavy (non-hydrogen) atoms. The zero-order chi connectivity index (χ0) is 18.2. The molecule has 0 saturated carbocycles. The fourth-order valence-corrected chi connectivity index (χ4v) is 2.60. The number of nitrogens with one attached hydrogen (secondary N) is 1. The fourth-order valence-electron chi connectivity index (χ4n) is 2.05. The van der Waals surface area contributed by atoms with E-state index in [9.17, 15) is 9.59 Å². The second-order valence-electron chi connectivity index (χ2n) is 5.01. The molecule has 0 radical (unpaired) electrons. The third kappa shape index (κ3) is 5.46. The van der Waals surface area contributed by atoms with Gasteiger partial charge in [-0.3, -0.25) is 4.79 Å². The molecule has 2 aromatic carbocycles. The minimum atomic E-state index is -0.384. The first-order chi connectivity index (χ1) is 12.0. The molecule has 0 aromatic heterocycles. The van der Waals surface area contributed by atoms with E-state index in [1.54, 1.807) is 44.4 Å². The first-order valence-electron chi connectivity index (χ1n) is 7.63. The van der Waals surface area contributed by atoms with Crippen LogP contribution in [-0.2, 0) is 9.53 Å². The minimum Gasteiger partial charge on any atom is -0.496 e. The average Bonchev–Trinajstić information content (AvgIpc) is 2.61. The van der Waals surface area contributed by atoms with Crippen molar-refractivity contribution in [3.8, 4) is 5.75 Å². The van der Waals surface area contributed by atoms with Crippen molar-refractivity contribution in [2.75, 3.05) is 19.0 Å². The van der Waals surface area contributed by atoms with Crippen LogP contribution in [0.15, 0.2) is 53.0 Å².